The summed E-state index contributed by atoms with van der Waals surface area (Å²) in [6.07, 6.45) is 0.868. The van der Waals surface area contributed by atoms with Gasteiger partial charge < -0.3 is 30.6 Å². The van der Waals surface area contributed by atoms with Crippen molar-refractivity contribution in [3.05, 3.63) is 0 Å². The van der Waals surface area contributed by atoms with Gasteiger partial charge in [-0.05, 0) is 57.3 Å². The van der Waals surface area contributed by atoms with Gasteiger partial charge >= 0.3 is 35.8 Å². The average molecular weight is 555 g/mol. The number of aliphatic carboxylic acids is 6. The lowest BCUT2D eigenvalue weighted by Crippen LogP contribution is -2.56. The summed E-state index contributed by atoms with van der Waals surface area (Å²) >= 11 is 0. The molecule has 6 unspecified atom stereocenters. The van der Waals surface area contributed by atoms with Gasteiger partial charge in [-0.25, -0.2) is 0 Å². The fourth-order valence-electron chi connectivity index (χ4n) is 8.15. The van der Waals surface area contributed by atoms with Crippen molar-refractivity contribution in [3.8, 4) is 0 Å². The normalized spacial score (nSPS) is 35.8. The Morgan fingerprint density at radius 3 is 1.21 bits per heavy atom. The maximum atomic E-state index is 13.1. The van der Waals surface area contributed by atoms with Crippen molar-refractivity contribution < 1.29 is 59.4 Å². The average Bonchev–Trinajstić information content (AvgIpc) is 2.87. The van der Waals surface area contributed by atoms with Crippen molar-refractivity contribution in [1.29, 1.82) is 0 Å². The van der Waals surface area contributed by atoms with Crippen LogP contribution in [0.15, 0.2) is 0 Å². The molecule has 0 aliphatic heterocycles. The Kier molecular flexibility index (Phi) is 8.96. The molecule has 3 aliphatic rings. The first-order chi connectivity index (χ1) is 18.3. The molecule has 12 heteroatoms. The number of rotatable bonds is 11. The second-order valence-electron chi connectivity index (χ2n) is 11.8. The van der Waals surface area contributed by atoms with E-state index in [9.17, 15) is 59.4 Å². The summed E-state index contributed by atoms with van der Waals surface area (Å²) in [6, 6.07) is 0. The molecule has 0 aromatic carbocycles. The van der Waals surface area contributed by atoms with Crippen LogP contribution in [0.2, 0.25) is 0 Å². The molecule has 3 aliphatic carbocycles. The van der Waals surface area contributed by atoms with E-state index in [4.69, 9.17) is 0 Å². The lowest BCUT2D eigenvalue weighted by molar-refractivity contribution is -0.186. The van der Waals surface area contributed by atoms with Gasteiger partial charge in [0, 0.05) is 0 Å². The van der Waals surface area contributed by atoms with Crippen LogP contribution in [0.25, 0.3) is 0 Å². The first kappa shape index (κ1) is 30.4. The molecule has 0 saturated heterocycles. The van der Waals surface area contributed by atoms with Gasteiger partial charge in [0.05, 0.1) is 34.0 Å². The molecule has 6 N–H and O–H groups in total. The molecule has 39 heavy (non-hydrogen) atoms. The lowest BCUT2D eigenvalue weighted by atomic mass is 9.49. The molecule has 6 atom stereocenters. The van der Waals surface area contributed by atoms with E-state index in [1.54, 1.807) is 0 Å². The molecule has 0 radical (unpaired) electrons. The summed E-state index contributed by atoms with van der Waals surface area (Å²) in [5.41, 5.74) is -5.99. The zero-order valence-corrected chi connectivity index (χ0v) is 21.8. The van der Waals surface area contributed by atoms with Gasteiger partial charge in [-0.15, -0.1) is 0 Å². The minimum atomic E-state index is -2.09. The Hall–Kier alpha value is -3.18. The summed E-state index contributed by atoms with van der Waals surface area (Å²) in [6.45, 7) is 0. The number of carboxylic acid groups (broad SMARTS) is 6. The molecule has 3 rings (SSSR count). The van der Waals surface area contributed by atoms with Crippen LogP contribution in [0.4, 0.5) is 0 Å². The van der Waals surface area contributed by atoms with Gasteiger partial charge in [-0.3, -0.25) is 28.8 Å². The molecule has 3 fully saturated rings. The predicted molar refractivity (Wildman–Crippen MR) is 132 cm³/mol. The van der Waals surface area contributed by atoms with E-state index >= 15 is 0 Å². The number of carboxylic acids is 6. The molecular formula is C27H38O12. The van der Waals surface area contributed by atoms with E-state index in [0.29, 0.717) is 38.5 Å². The van der Waals surface area contributed by atoms with Crippen LogP contribution in [0.1, 0.15) is 89.9 Å². The highest BCUT2D eigenvalue weighted by atomic mass is 16.4. The second-order valence-corrected chi connectivity index (χ2v) is 11.8. The maximum absolute atomic E-state index is 13.1. The third kappa shape index (κ3) is 5.21. The number of hydrogen-bond donors (Lipinski definition) is 6. The summed E-state index contributed by atoms with van der Waals surface area (Å²) < 4.78 is 0. The molecule has 0 heterocycles. The summed E-state index contributed by atoms with van der Waals surface area (Å²) in [5.74, 6) is -14.2. The van der Waals surface area contributed by atoms with Crippen molar-refractivity contribution >= 4 is 35.8 Å². The van der Waals surface area contributed by atoms with Gasteiger partial charge in [-0.1, -0.05) is 38.5 Å². The largest absolute Gasteiger partial charge is 0.481 e. The molecule has 218 valence electrons. The SMILES string of the molecule is O=C(O)C1CCCCC1(CC(CC1(C(=O)O)CCCCC1C(=O)O)C1(C(=O)O)CCCCC1C(=O)O)C(=O)O. The number of hydrogen-bond acceptors (Lipinski definition) is 6. The van der Waals surface area contributed by atoms with Gasteiger partial charge in [0.1, 0.15) is 0 Å². The first-order valence-corrected chi connectivity index (χ1v) is 13.6. The smallest absolute Gasteiger partial charge is 0.310 e. The first-order valence-electron chi connectivity index (χ1n) is 13.6. The summed E-state index contributed by atoms with van der Waals surface area (Å²) in [7, 11) is 0. The highest BCUT2D eigenvalue weighted by Gasteiger charge is 2.63. The van der Waals surface area contributed by atoms with E-state index in [0.717, 1.165) is 0 Å². The van der Waals surface area contributed by atoms with Crippen molar-refractivity contribution in [1.82, 2.24) is 0 Å². The van der Waals surface area contributed by atoms with Gasteiger partial charge in [-0.2, -0.15) is 0 Å². The zero-order valence-electron chi connectivity index (χ0n) is 21.8. The molecule has 0 amide bonds. The van der Waals surface area contributed by atoms with Crippen LogP contribution in [0.3, 0.4) is 0 Å². The lowest BCUT2D eigenvalue weighted by Gasteiger charge is -2.51. The fourth-order valence-corrected chi connectivity index (χ4v) is 8.15. The second kappa shape index (κ2) is 11.5. The topological polar surface area (TPSA) is 224 Å². The van der Waals surface area contributed by atoms with Crippen LogP contribution in [-0.4, -0.2) is 66.5 Å². The van der Waals surface area contributed by atoms with E-state index in [-0.39, 0.29) is 38.5 Å². The van der Waals surface area contributed by atoms with Gasteiger partial charge in [0.2, 0.25) is 0 Å². The van der Waals surface area contributed by atoms with Crippen LogP contribution < -0.4 is 0 Å². The summed E-state index contributed by atoms with van der Waals surface area (Å²) in [5, 5.41) is 61.6. The Morgan fingerprint density at radius 2 is 0.872 bits per heavy atom. The zero-order chi connectivity index (χ0) is 29.2. The standard InChI is InChI=1S/C27H38O12/c28-19(29)16-7-1-4-10-25(16,22(34)35)13-15(27(24(38)39)12-6-3-9-18(27)21(32)33)14-26(23(36)37)11-5-2-8-17(26)20(30)31/h15-18H,1-14H2,(H,28,29)(H,30,31)(H,32,33)(H,34,35)(H,36,37)(H,38,39). The van der Waals surface area contributed by atoms with Crippen molar-refractivity contribution in [2.75, 3.05) is 0 Å². The minimum Gasteiger partial charge on any atom is -0.481 e. The molecule has 3 saturated carbocycles. The van der Waals surface area contributed by atoms with E-state index in [1.165, 1.54) is 0 Å². The molecule has 0 aromatic rings. The monoisotopic (exact) mass is 554 g/mol. The Labute approximate surface area is 225 Å². The Bertz CT molecular complexity index is 968. The highest BCUT2D eigenvalue weighted by Crippen LogP contribution is 2.59. The Balaban J connectivity index is 2.28. The van der Waals surface area contributed by atoms with Crippen molar-refractivity contribution in [3.63, 3.8) is 0 Å². The van der Waals surface area contributed by atoms with E-state index < -0.39 is 88.6 Å². The number of carbonyl (C=O) groups is 6. The van der Waals surface area contributed by atoms with E-state index in [2.05, 4.69) is 0 Å². The van der Waals surface area contributed by atoms with Crippen LogP contribution >= 0.6 is 0 Å². The maximum Gasteiger partial charge on any atom is 0.310 e. The van der Waals surface area contributed by atoms with Crippen LogP contribution in [0.5, 0.6) is 0 Å². The van der Waals surface area contributed by atoms with Crippen LogP contribution in [0, 0.1) is 39.9 Å². The molecule has 0 bridgehead atoms. The van der Waals surface area contributed by atoms with Gasteiger partial charge in [0.15, 0.2) is 0 Å². The van der Waals surface area contributed by atoms with Crippen molar-refractivity contribution in [2.45, 2.75) is 89.9 Å². The predicted octanol–water partition coefficient (Wildman–Crippen LogP) is 3.42. The third-order valence-corrected chi connectivity index (χ3v) is 10.1. The molecule has 0 aromatic heterocycles. The van der Waals surface area contributed by atoms with Crippen molar-refractivity contribution in [2.24, 2.45) is 39.9 Å². The minimum absolute atomic E-state index is 0.0248. The van der Waals surface area contributed by atoms with E-state index in [1.807, 2.05) is 0 Å². The van der Waals surface area contributed by atoms with Crippen LogP contribution in [-0.2, 0) is 28.8 Å². The Morgan fingerprint density at radius 1 is 0.513 bits per heavy atom. The third-order valence-electron chi connectivity index (χ3n) is 10.1. The fraction of sp³-hybridized carbons (Fsp3) is 0.778. The molecular weight excluding hydrogens is 516 g/mol. The molecule has 0 spiro atoms. The van der Waals surface area contributed by atoms with Gasteiger partial charge in [0.25, 0.3) is 0 Å². The molecule has 12 nitrogen and oxygen atoms in total. The summed E-state index contributed by atoms with van der Waals surface area (Å²) in [4.78, 5) is 75.8. The highest BCUT2D eigenvalue weighted by molar-refractivity contribution is 5.87. The quantitative estimate of drug-likeness (QED) is 0.216.